The van der Waals surface area contributed by atoms with Gasteiger partial charge in [-0.3, -0.25) is 14.8 Å². The first-order valence-corrected chi connectivity index (χ1v) is 12.8. The summed E-state index contributed by atoms with van der Waals surface area (Å²) in [6.45, 7) is 2.54. The van der Waals surface area contributed by atoms with E-state index in [2.05, 4.69) is 10.0 Å². The molecule has 0 saturated carbocycles. The highest BCUT2D eigenvalue weighted by Crippen LogP contribution is 2.43. The second-order valence-electron chi connectivity index (χ2n) is 8.20. The minimum atomic E-state index is -4.73. The van der Waals surface area contributed by atoms with Crippen LogP contribution in [0.5, 0.6) is 16.6 Å². The predicted molar refractivity (Wildman–Crippen MR) is 126 cm³/mol. The average Bonchev–Trinajstić information content (AvgIpc) is 3.40. The maximum Gasteiger partial charge on any atom is 0.419 e. The van der Waals surface area contributed by atoms with Crippen LogP contribution in [-0.4, -0.2) is 32.0 Å². The summed E-state index contributed by atoms with van der Waals surface area (Å²) in [5, 5.41) is 14.2. The molecule has 1 aliphatic heterocycles. The van der Waals surface area contributed by atoms with Crippen LogP contribution in [0.4, 0.5) is 24.5 Å². The van der Waals surface area contributed by atoms with E-state index in [1.807, 2.05) is 0 Å². The number of nitrogens with one attached hydrogen (secondary N) is 2. The number of anilines is 1. The molecular weight excluding hydrogens is 523 g/mol. The first kappa shape index (κ1) is 25.7. The van der Waals surface area contributed by atoms with Crippen molar-refractivity contribution in [2.75, 3.05) is 17.8 Å². The summed E-state index contributed by atoms with van der Waals surface area (Å²) in [6, 6.07) is 11.5. The van der Waals surface area contributed by atoms with Gasteiger partial charge in [0, 0.05) is 19.0 Å². The molecule has 3 aromatic rings. The van der Waals surface area contributed by atoms with E-state index in [0.29, 0.717) is 30.8 Å². The van der Waals surface area contributed by atoms with E-state index in [4.69, 9.17) is 9.47 Å². The SMILES string of the molecule is C[C@@]1(Oc2cc(NS(=O)(=O)c3cc([N+](=O)[O-])c(Oc4ccccc4)s3)ccc2C(F)(F)F)CCNC1. The Morgan fingerprint density at radius 1 is 1.17 bits per heavy atom. The zero-order chi connectivity index (χ0) is 26.1. The van der Waals surface area contributed by atoms with E-state index in [0.717, 1.165) is 24.3 Å². The molecule has 192 valence electrons. The Morgan fingerprint density at radius 3 is 2.50 bits per heavy atom. The molecule has 0 bridgehead atoms. The van der Waals surface area contributed by atoms with Crippen LogP contribution < -0.4 is 19.5 Å². The molecule has 14 heteroatoms. The molecule has 1 aliphatic rings. The third-order valence-corrected chi connectivity index (χ3v) is 8.15. The van der Waals surface area contributed by atoms with Crippen LogP contribution in [0.2, 0.25) is 0 Å². The van der Waals surface area contributed by atoms with Crippen molar-refractivity contribution in [1.29, 1.82) is 0 Å². The van der Waals surface area contributed by atoms with Gasteiger partial charge < -0.3 is 14.8 Å². The van der Waals surface area contributed by atoms with E-state index in [9.17, 15) is 31.7 Å². The van der Waals surface area contributed by atoms with Gasteiger partial charge in [0.25, 0.3) is 15.1 Å². The number of nitro groups is 1. The van der Waals surface area contributed by atoms with Crippen molar-refractivity contribution in [1.82, 2.24) is 5.32 Å². The Balaban J connectivity index is 1.65. The molecule has 1 atom stereocenters. The Bertz CT molecular complexity index is 1370. The number of hydrogen-bond donors (Lipinski definition) is 2. The van der Waals surface area contributed by atoms with Gasteiger partial charge in [-0.25, -0.2) is 8.42 Å². The normalized spacial score (nSPS) is 18.1. The number of ether oxygens (including phenoxy) is 2. The molecule has 0 spiro atoms. The van der Waals surface area contributed by atoms with Crippen molar-refractivity contribution in [2.24, 2.45) is 0 Å². The van der Waals surface area contributed by atoms with E-state index in [-0.39, 0.29) is 16.5 Å². The summed E-state index contributed by atoms with van der Waals surface area (Å²) < 4.78 is 79.6. The summed E-state index contributed by atoms with van der Waals surface area (Å²) in [4.78, 5) is 10.7. The van der Waals surface area contributed by atoms with E-state index in [1.54, 1.807) is 37.3 Å². The number of rotatable bonds is 8. The van der Waals surface area contributed by atoms with Gasteiger partial charge in [-0.15, -0.1) is 0 Å². The van der Waals surface area contributed by atoms with Gasteiger partial charge in [0.05, 0.1) is 22.2 Å². The first-order valence-electron chi connectivity index (χ1n) is 10.5. The number of thiophene rings is 1. The Kier molecular flexibility index (Phi) is 6.86. The van der Waals surface area contributed by atoms with Crippen LogP contribution in [-0.2, 0) is 16.2 Å². The van der Waals surface area contributed by atoms with Crippen LogP contribution in [0.1, 0.15) is 18.9 Å². The Hall–Kier alpha value is -3.36. The highest BCUT2D eigenvalue weighted by atomic mass is 32.2. The lowest BCUT2D eigenvalue weighted by Gasteiger charge is -2.27. The zero-order valence-electron chi connectivity index (χ0n) is 18.7. The van der Waals surface area contributed by atoms with Crippen LogP contribution in [0.15, 0.2) is 58.8 Å². The molecule has 2 heterocycles. The Labute approximate surface area is 208 Å². The average molecular weight is 544 g/mol. The molecule has 1 fully saturated rings. The van der Waals surface area contributed by atoms with Crippen molar-refractivity contribution in [2.45, 2.75) is 29.3 Å². The number of alkyl halides is 3. The van der Waals surface area contributed by atoms with Gasteiger partial charge in [-0.05, 0) is 37.7 Å². The topological polar surface area (TPSA) is 120 Å². The molecule has 1 saturated heterocycles. The summed E-state index contributed by atoms with van der Waals surface area (Å²) in [6.07, 6.45) is -4.27. The molecule has 9 nitrogen and oxygen atoms in total. The predicted octanol–water partition coefficient (Wildman–Crippen LogP) is 5.40. The van der Waals surface area contributed by atoms with Gasteiger partial charge >= 0.3 is 11.9 Å². The molecule has 1 aromatic heterocycles. The molecule has 2 N–H and O–H groups in total. The van der Waals surface area contributed by atoms with E-state index in [1.165, 1.54) is 0 Å². The summed E-state index contributed by atoms with van der Waals surface area (Å²) in [7, 11) is -4.41. The molecule has 0 aliphatic carbocycles. The van der Waals surface area contributed by atoms with E-state index >= 15 is 0 Å². The van der Waals surface area contributed by atoms with Gasteiger partial charge in [0.15, 0.2) is 4.21 Å². The van der Waals surface area contributed by atoms with Crippen LogP contribution >= 0.6 is 11.3 Å². The van der Waals surface area contributed by atoms with Crippen molar-refractivity contribution in [3.05, 3.63) is 70.3 Å². The first-order chi connectivity index (χ1) is 16.9. The minimum Gasteiger partial charge on any atom is -0.485 e. The maximum atomic E-state index is 13.6. The lowest BCUT2D eigenvalue weighted by Crippen LogP contribution is -2.35. The van der Waals surface area contributed by atoms with Crippen LogP contribution in [0, 0.1) is 10.1 Å². The number of benzene rings is 2. The smallest absolute Gasteiger partial charge is 0.419 e. The number of sulfonamides is 1. The highest BCUT2D eigenvalue weighted by molar-refractivity contribution is 7.94. The number of hydrogen-bond acceptors (Lipinski definition) is 8. The molecule has 36 heavy (non-hydrogen) atoms. The fourth-order valence-electron chi connectivity index (χ4n) is 3.53. The molecule has 0 amide bonds. The lowest BCUT2D eigenvalue weighted by atomic mass is 10.1. The summed E-state index contributed by atoms with van der Waals surface area (Å²) in [5.41, 5.74) is -2.73. The van der Waals surface area contributed by atoms with Gasteiger partial charge in [-0.1, -0.05) is 29.5 Å². The van der Waals surface area contributed by atoms with Crippen molar-refractivity contribution < 1.29 is 36.0 Å². The second-order valence-corrected chi connectivity index (χ2v) is 11.1. The zero-order valence-corrected chi connectivity index (χ0v) is 20.3. The fraction of sp³-hybridized carbons (Fsp3) is 0.273. The van der Waals surface area contributed by atoms with Gasteiger partial charge in [-0.2, -0.15) is 13.2 Å². The number of nitrogens with zero attached hydrogens (tertiary/aromatic N) is 1. The molecule has 0 unspecified atom stereocenters. The van der Waals surface area contributed by atoms with Gasteiger partial charge in [0.2, 0.25) is 0 Å². The molecule has 4 rings (SSSR count). The molecule has 2 aromatic carbocycles. The fourth-order valence-corrected chi connectivity index (χ4v) is 5.85. The lowest BCUT2D eigenvalue weighted by molar-refractivity contribution is -0.385. The monoisotopic (exact) mass is 543 g/mol. The number of para-hydroxylation sites is 1. The summed E-state index contributed by atoms with van der Waals surface area (Å²) >= 11 is 0.512. The highest BCUT2D eigenvalue weighted by Gasteiger charge is 2.38. The molecular formula is C22H20F3N3O6S2. The van der Waals surface area contributed by atoms with Crippen LogP contribution in [0.3, 0.4) is 0 Å². The third-order valence-electron chi connectivity index (χ3n) is 5.30. The quantitative estimate of drug-likeness (QED) is 0.288. The summed E-state index contributed by atoms with van der Waals surface area (Å²) in [5.74, 6) is -0.266. The van der Waals surface area contributed by atoms with Crippen LogP contribution in [0.25, 0.3) is 0 Å². The largest absolute Gasteiger partial charge is 0.485 e. The standard InChI is InChI=1S/C22H20F3N3O6S2/c1-21(9-10-26-13-21)34-18-11-14(7-8-16(18)22(23,24)25)27-36(31,32)19-12-17(28(29)30)20(35-19)33-15-5-3-2-4-6-15/h2-8,11-12,26-27H,9-10,13H2,1H3/t21-/m1/s1. The third kappa shape index (κ3) is 5.71. The van der Waals surface area contributed by atoms with Crippen molar-refractivity contribution in [3.8, 4) is 16.6 Å². The number of halogens is 3. The minimum absolute atomic E-state index is 0.200. The Morgan fingerprint density at radius 2 is 1.89 bits per heavy atom. The van der Waals surface area contributed by atoms with Gasteiger partial charge in [0.1, 0.15) is 17.1 Å². The van der Waals surface area contributed by atoms with Crippen molar-refractivity contribution >= 4 is 32.7 Å². The van der Waals surface area contributed by atoms with Crippen molar-refractivity contribution in [3.63, 3.8) is 0 Å². The maximum absolute atomic E-state index is 13.6. The molecule has 0 radical (unpaired) electrons. The second kappa shape index (κ2) is 9.59. The van der Waals surface area contributed by atoms with E-state index < -0.39 is 47.9 Å².